The van der Waals surface area contributed by atoms with Crippen molar-refractivity contribution in [3.8, 4) is 0 Å². The minimum absolute atomic E-state index is 0.979. The van der Waals surface area contributed by atoms with Crippen molar-refractivity contribution in [3.63, 3.8) is 0 Å². The Hall–Kier alpha value is -0.480. The third-order valence-corrected chi connectivity index (χ3v) is 5.38. The molecule has 2 bridgehead atoms. The van der Waals surface area contributed by atoms with E-state index in [0.717, 1.165) is 0 Å². The molecular formula is C12H20O12. The zero-order valence-electron chi connectivity index (χ0n) is 12.2. The molecule has 0 spiro atoms. The van der Waals surface area contributed by atoms with Crippen molar-refractivity contribution in [2.24, 2.45) is 0 Å². The summed E-state index contributed by atoms with van der Waals surface area (Å²) in [6, 6.07) is 0. The summed E-state index contributed by atoms with van der Waals surface area (Å²) < 4.78 is 9.74. The summed E-state index contributed by atoms with van der Waals surface area (Å²) >= 11 is 0. The lowest BCUT2D eigenvalue weighted by Gasteiger charge is -2.72. The molecule has 10 N–H and O–H groups in total. The Labute approximate surface area is 134 Å². The maximum Gasteiger partial charge on any atom is 0.260 e. The van der Waals surface area contributed by atoms with Crippen LogP contribution in [0.5, 0.6) is 0 Å². The van der Waals surface area contributed by atoms with E-state index in [-0.39, 0.29) is 0 Å². The fraction of sp³-hybridized carbons (Fsp3) is 1.00. The highest BCUT2D eigenvalue weighted by molar-refractivity contribution is 5.33. The molecule has 140 valence electrons. The fourth-order valence-corrected chi connectivity index (χ4v) is 3.99. The average molecular weight is 356 g/mol. The summed E-state index contributed by atoms with van der Waals surface area (Å²) in [5.74, 6) is -6.78. The van der Waals surface area contributed by atoms with Crippen LogP contribution in [0.3, 0.4) is 0 Å². The van der Waals surface area contributed by atoms with Crippen LogP contribution in [-0.4, -0.2) is 124 Å². The molecule has 0 aromatic heterocycles. The first-order valence-corrected chi connectivity index (χ1v) is 7.16. The fourth-order valence-electron chi connectivity index (χ4n) is 3.99. The predicted molar refractivity (Wildman–Crippen MR) is 67.7 cm³/mol. The molecule has 4 aliphatic rings. The lowest BCUT2D eigenvalue weighted by Crippen LogP contribution is -3.00. The first-order chi connectivity index (χ1) is 11.0. The molecule has 1 aliphatic carbocycles. The summed E-state index contributed by atoms with van der Waals surface area (Å²) in [5, 5.41) is 102. The molecule has 0 aromatic rings. The summed E-state index contributed by atoms with van der Waals surface area (Å²) in [6.07, 6.45) is -13.1. The van der Waals surface area contributed by atoms with Crippen LogP contribution in [0.25, 0.3) is 0 Å². The minimum atomic E-state index is -3.47. The van der Waals surface area contributed by atoms with Crippen LogP contribution in [0.1, 0.15) is 0 Å². The number of rotatable bonds is 2. The SMILES string of the molecule is OC[C@H]1OC2(O)[C@@]3(O)O[C@H](CO)[C@](O)([C@H](O)[C@H]3O)[C@]2(O)[C@@H](O)[C@@H]1O. The van der Waals surface area contributed by atoms with Gasteiger partial charge in [0.25, 0.3) is 11.6 Å². The van der Waals surface area contributed by atoms with Crippen LogP contribution in [0.2, 0.25) is 0 Å². The van der Waals surface area contributed by atoms with E-state index in [2.05, 4.69) is 0 Å². The second-order valence-corrected chi connectivity index (χ2v) is 6.39. The Morgan fingerprint density at radius 1 is 0.750 bits per heavy atom. The van der Waals surface area contributed by atoms with Gasteiger partial charge in [-0.3, -0.25) is 0 Å². The maximum absolute atomic E-state index is 10.9. The second kappa shape index (κ2) is 5.03. The van der Waals surface area contributed by atoms with Gasteiger partial charge in [-0.05, 0) is 0 Å². The van der Waals surface area contributed by atoms with Gasteiger partial charge in [0.05, 0.1) is 13.2 Å². The molecule has 0 radical (unpaired) electrons. The van der Waals surface area contributed by atoms with E-state index in [1.807, 2.05) is 0 Å². The van der Waals surface area contributed by atoms with Crippen LogP contribution in [0, 0.1) is 0 Å². The number of ether oxygens (including phenoxy) is 2. The van der Waals surface area contributed by atoms with E-state index in [1.165, 1.54) is 0 Å². The van der Waals surface area contributed by atoms with Crippen LogP contribution < -0.4 is 0 Å². The molecule has 12 nitrogen and oxygen atoms in total. The van der Waals surface area contributed by atoms with Crippen LogP contribution in [0.15, 0.2) is 0 Å². The zero-order chi connectivity index (χ0) is 18.3. The van der Waals surface area contributed by atoms with Gasteiger partial charge in [0.2, 0.25) is 0 Å². The van der Waals surface area contributed by atoms with Gasteiger partial charge in [-0.1, -0.05) is 0 Å². The third-order valence-electron chi connectivity index (χ3n) is 5.38. The Morgan fingerprint density at radius 3 is 1.83 bits per heavy atom. The molecule has 3 saturated heterocycles. The first kappa shape index (κ1) is 18.3. The Bertz CT molecular complexity index is 528. The molecule has 1 saturated carbocycles. The van der Waals surface area contributed by atoms with Gasteiger partial charge < -0.3 is 60.5 Å². The summed E-state index contributed by atoms with van der Waals surface area (Å²) in [5.41, 5.74) is -6.55. The van der Waals surface area contributed by atoms with E-state index < -0.39 is 72.6 Å². The third kappa shape index (κ3) is 1.55. The molecule has 10 atom stereocenters. The van der Waals surface area contributed by atoms with Crippen LogP contribution >= 0.6 is 0 Å². The minimum Gasteiger partial charge on any atom is -0.394 e. The quantitative estimate of drug-likeness (QED) is 0.223. The number of hydrogen-bond donors (Lipinski definition) is 10. The van der Waals surface area contributed by atoms with Gasteiger partial charge in [0.1, 0.15) is 36.6 Å². The van der Waals surface area contributed by atoms with E-state index in [1.54, 1.807) is 0 Å². The Kier molecular flexibility index (Phi) is 3.84. The van der Waals surface area contributed by atoms with Gasteiger partial charge in [-0.15, -0.1) is 0 Å². The number of hydrogen-bond acceptors (Lipinski definition) is 12. The summed E-state index contributed by atoms with van der Waals surface area (Å²) in [6.45, 7) is -2.08. The smallest absolute Gasteiger partial charge is 0.260 e. The van der Waals surface area contributed by atoms with Crippen molar-refractivity contribution >= 4 is 0 Å². The maximum atomic E-state index is 10.9. The highest BCUT2D eigenvalue weighted by atomic mass is 16.8. The van der Waals surface area contributed by atoms with E-state index >= 15 is 0 Å². The van der Waals surface area contributed by atoms with Crippen molar-refractivity contribution in [1.82, 2.24) is 0 Å². The van der Waals surface area contributed by atoms with E-state index in [4.69, 9.17) is 9.47 Å². The molecule has 4 rings (SSSR count). The Morgan fingerprint density at radius 2 is 1.33 bits per heavy atom. The van der Waals surface area contributed by atoms with Crippen molar-refractivity contribution in [3.05, 3.63) is 0 Å². The second-order valence-electron chi connectivity index (χ2n) is 6.39. The summed E-state index contributed by atoms with van der Waals surface area (Å²) in [4.78, 5) is 0. The highest BCUT2D eigenvalue weighted by Crippen LogP contribution is 2.61. The van der Waals surface area contributed by atoms with Gasteiger partial charge in [0.15, 0.2) is 11.2 Å². The zero-order valence-corrected chi connectivity index (χ0v) is 12.2. The van der Waals surface area contributed by atoms with Crippen LogP contribution in [-0.2, 0) is 9.47 Å². The average Bonchev–Trinajstić information content (AvgIpc) is 2.56. The molecule has 12 heteroatoms. The van der Waals surface area contributed by atoms with Crippen molar-refractivity contribution in [1.29, 1.82) is 0 Å². The van der Waals surface area contributed by atoms with Gasteiger partial charge in [0, 0.05) is 0 Å². The van der Waals surface area contributed by atoms with Crippen molar-refractivity contribution in [2.75, 3.05) is 13.2 Å². The van der Waals surface area contributed by atoms with E-state index in [9.17, 15) is 51.1 Å². The normalized spacial score (nSPS) is 63.2. The molecule has 1 unspecified atom stereocenters. The lowest BCUT2D eigenvalue weighted by molar-refractivity contribution is -0.581. The number of fused-ring (bicyclic) bond motifs is 2. The largest absolute Gasteiger partial charge is 0.394 e. The monoisotopic (exact) mass is 356 g/mol. The van der Waals surface area contributed by atoms with Crippen LogP contribution in [0.4, 0.5) is 0 Å². The molecule has 4 fully saturated rings. The van der Waals surface area contributed by atoms with E-state index in [0.29, 0.717) is 0 Å². The van der Waals surface area contributed by atoms with Gasteiger partial charge in [-0.25, -0.2) is 0 Å². The summed E-state index contributed by atoms with van der Waals surface area (Å²) in [7, 11) is 0. The topological polar surface area (TPSA) is 221 Å². The molecular weight excluding hydrogens is 336 g/mol. The number of aliphatic hydroxyl groups is 10. The predicted octanol–water partition coefficient (Wildman–Crippen LogP) is -6.93. The Balaban J connectivity index is 2.27. The van der Waals surface area contributed by atoms with Crippen molar-refractivity contribution in [2.45, 2.75) is 59.4 Å². The standard InChI is InChI=1S/C12H20O12/c13-1-3-5(15)6(16)10(20)9(19)4(2-14)24-11(21,8(18)7(9)17)12(10,22)23-3/h3-8,13-22H,1-2H2/t3-,4-,5-,6+,7-,8-,9+,10-,11+,12?/m1/s1. The lowest BCUT2D eigenvalue weighted by atomic mass is 9.53. The molecule has 24 heavy (non-hydrogen) atoms. The molecule has 3 aliphatic heterocycles. The first-order valence-electron chi connectivity index (χ1n) is 7.16. The molecule has 3 heterocycles. The number of aliphatic hydroxyl groups excluding tert-OH is 6. The van der Waals surface area contributed by atoms with Gasteiger partial charge in [-0.2, -0.15) is 0 Å². The van der Waals surface area contributed by atoms with Gasteiger partial charge >= 0.3 is 0 Å². The molecule has 0 aromatic carbocycles. The van der Waals surface area contributed by atoms with Crippen molar-refractivity contribution < 1.29 is 60.5 Å². The molecule has 0 amide bonds. The highest BCUT2D eigenvalue weighted by Gasteiger charge is 2.91.